The number of nitrogens with zero attached hydrogens (tertiary/aromatic N) is 1. The molecule has 0 N–H and O–H groups in total. The van der Waals surface area contributed by atoms with E-state index < -0.39 is 5.97 Å². The summed E-state index contributed by atoms with van der Waals surface area (Å²) < 4.78 is 5.15. The highest BCUT2D eigenvalue weighted by molar-refractivity contribution is 5.94. The van der Waals surface area contributed by atoms with Gasteiger partial charge in [-0.15, -0.1) is 0 Å². The third-order valence-corrected chi connectivity index (χ3v) is 2.43. The first-order valence-electron chi connectivity index (χ1n) is 4.96. The number of rotatable bonds is 3. The van der Waals surface area contributed by atoms with Crippen LogP contribution in [0.1, 0.15) is 22.8 Å². The van der Waals surface area contributed by atoms with Crippen LogP contribution in [0.2, 0.25) is 0 Å². The lowest BCUT2D eigenvalue weighted by Crippen LogP contribution is -2.23. The molecule has 0 unspecified atom stereocenters. The fourth-order valence-electron chi connectivity index (χ4n) is 1.70. The Morgan fingerprint density at radius 2 is 2.31 bits per heavy atom. The molecule has 0 amide bonds. The maximum Gasteiger partial charge on any atom is 0.181 e. The van der Waals surface area contributed by atoms with E-state index in [1.54, 1.807) is 6.07 Å². The molecule has 0 fully saturated rings. The highest BCUT2D eigenvalue weighted by atomic mass is 16.4. The van der Waals surface area contributed by atoms with E-state index in [2.05, 4.69) is 4.98 Å². The van der Waals surface area contributed by atoms with Gasteiger partial charge in [-0.25, -0.2) is 4.98 Å². The van der Waals surface area contributed by atoms with Crippen LogP contribution in [-0.4, -0.2) is 11.0 Å². The molecule has 0 saturated heterocycles. The molecule has 0 atom stereocenters. The lowest BCUT2D eigenvalue weighted by atomic mass is 9.97. The van der Waals surface area contributed by atoms with Crippen LogP contribution in [-0.2, 0) is 6.42 Å². The summed E-state index contributed by atoms with van der Waals surface area (Å²) in [5.41, 5.74) is 1.59. The number of carboxylic acid groups (broad SMARTS) is 1. The summed E-state index contributed by atoms with van der Waals surface area (Å²) in [6, 6.07) is 5.07. The van der Waals surface area contributed by atoms with Crippen LogP contribution in [0.3, 0.4) is 0 Å². The second kappa shape index (κ2) is 4.18. The Labute approximate surface area is 92.6 Å². The van der Waals surface area contributed by atoms with E-state index >= 15 is 0 Å². The molecule has 4 nitrogen and oxygen atoms in total. The van der Waals surface area contributed by atoms with E-state index in [1.165, 1.54) is 18.7 Å². The summed E-state index contributed by atoms with van der Waals surface area (Å²) in [6.07, 6.45) is 3.50. The number of aromatic nitrogens is 1. The van der Waals surface area contributed by atoms with Gasteiger partial charge in [0, 0.05) is 11.1 Å². The van der Waals surface area contributed by atoms with Gasteiger partial charge in [0.25, 0.3) is 0 Å². The molecule has 0 bridgehead atoms. The zero-order chi connectivity index (χ0) is 11.5. The Bertz CT molecular complexity index is 503. The smallest absolute Gasteiger partial charge is 0.181 e. The first-order valence-corrected chi connectivity index (χ1v) is 4.96. The van der Waals surface area contributed by atoms with Gasteiger partial charge >= 0.3 is 0 Å². The Morgan fingerprint density at radius 3 is 2.88 bits per heavy atom. The molecule has 82 valence electrons. The van der Waals surface area contributed by atoms with Gasteiger partial charge in [0.15, 0.2) is 12.2 Å². The molecule has 1 aromatic heterocycles. The van der Waals surface area contributed by atoms with Gasteiger partial charge in [0.1, 0.15) is 0 Å². The van der Waals surface area contributed by atoms with Gasteiger partial charge in [-0.3, -0.25) is 0 Å². The zero-order valence-electron chi connectivity index (χ0n) is 8.77. The van der Waals surface area contributed by atoms with Crippen molar-refractivity contribution >= 4 is 5.97 Å². The summed E-state index contributed by atoms with van der Waals surface area (Å²) in [5.74, 6) is -0.752. The lowest BCUT2D eigenvalue weighted by molar-refractivity contribution is -0.254. The number of hydrogen-bond acceptors (Lipinski definition) is 4. The van der Waals surface area contributed by atoms with Gasteiger partial charge in [0.2, 0.25) is 0 Å². The third kappa shape index (κ3) is 1.69. The number of aryl methyl sites for hydroxylation is 1. The minimum Gasteiger partial charge on any atom is -0.545 e. The number of carboxylic acids is 1. The molecule has 1 aromatic carbocycles. The normalized spacial score (nSPS) is 10.3. The molecule has 0 aliphatic rings. The van der Waals surface area contributed by atoms with Gasteiger partial charge < -0.3 is 14.3 Å². The average molecular weight is 216 g/mol. The van der Waals surface area contributed by atoms with Crippen molar-refractivity contribution in [2.24, 2.45) is 0 Å². The van der Waals surface area contributed by atoms with E-state index in [9.17, 15) is 9.90 Å². The van der Waals surface area contributed by atoms with Gasteiger partial charge in [-0.2, -0.15) is 0 Å². The number of carbonyl (C=O) groups excluding carboxylic acids is 1. The quantitative estimate of drug-likeness (QED) is 0.774. The van der Waals surface area contributed by atoms with E-state index in [0.29, 0.717) is 11.3 Å². The summed E-state index contributed by atoms with van der Waals surface area (Å²) in [7, 11) is 0. The van der Waals surface area contributed by atoms with E-state index in [0.717, 1.165) is 12.0 Å². The van der Waals surface area contributed by atoms with Gasteiger partial charge in [-0.05, 0) is 12.0 Å². The predicted octanol–water partition coefficient (Wildman–Crippen LogP) is 1.27. The molecule has 0 saturated carbocycles. The SMILES string of the molecule is CCc1cccc(C(=O)[O-])c1-c1cnco1. The van der Waals surface area contributed by atoms with Gasteiger partial charge in [0.05, 0.1) is 12.2 Å². The van der Waals surface area contributed by atoms with Crippen LogP contribution in [0.15, 0.2) is 35.2 Å². The molecular weight excluding hydrogens is 206 g/mol. The van der Waals surface area contributed by atoms with Crippen molar-refractivity contribution in [3.8, 4) is 11.3 Å². The molecule has 2 aromatic rings. The van der Waals surface area contributed by atoms with Crippen molar-refractivity contribution in [3.05, 3.63) is 41.9 Å². The second-order valence-corrected chi connectivity index (χ2v) is 3.35. The summed E-state index contributed by atoms with van der Waals surface area (Å²) in [5, 5.41) is 11.0. The van der Waals surface area contributed by atoms with Crippen LogP contribution in [0.25, 0.3) is 11.3 Å². The minimum absolute atomic E-state index is 0.135. The Hall–Kier alpha value is -2.10. The maximum atomic E-state index is 11.0. The van der Waals surface area contributed by atoms with Crippen molar-refractivity contribution in [1.29, 1.82) is 0 Å². The predicted molar refractivity (Wildman–Crippen MR) is 55.6 cm³/mol. The molecule has 0 aliphatic heterocycles. The summed E-state index contributed by atoms with van der Waals surface area (Å²) in [6.45, 7) is 1.95. The van der Waals surface area contributed by atoms with Crippen LogP contribution < -0.4 is 5.11 Å². The number of carbonyl (C=O) groups is 1. The molecule has 16 heavy (non-hydrogen) atoms. The molecule has 0 spiro atoms. The number of hydrogen-bond donors (Lipinski definition) is 0. The molecule has 0 radical (unpaired) electrons. The third-order valence-electron chi connectivity index (χ3n) is 2.43. The highest BCUT2D eigenvalue weighted by Gasteiger charge is 2.12. The van der Waals surface area contributed by atoms with Crippen molar-refractivity contribution in [2.45, 2.75) is 13.3 Å². The Balaban J connectivity index is 2.68. The molecule has 0 aliphatic carbocycles. The van der Waals surface area contributed by atoms with E-state index in [-0.39, 0.29) is 5.56 Å². The van der Waals surface area contributed by atoms with Crippen molar-refractivity contribution in [2.75, 3.05) is 0 Å². The van der Waals surface area contributed by atoms with Gasteiger partial charge in [-0.1, -0.05) is 25.1 Å². The van der Waals surface area contributed by atoms with Crippen molar-refractivity contribution < 1.29 is 14.3 Å². The zero-order valence-corrected chi connectivity index (χ0v) is 8.77. The van der Waals surface area contributed by atoms with E-state index in [4.69, 9.17) is 4.42 Å². The van der Waals surface area contributed by atoms with Crippen LogP contribution >= 0.6 is 0 Å². The van der Waals surface area contributed by atoms with Crippen LogP contribution in [0, 0.1) is 0 Å². The lowest BCUT2D eigenvalue weighted by Gasteiger charge is -2.12. The number of aromatic carboxylic acids is 1. The summed E-state index contributed by atoms with van der Waals surface area (Å²) >= 11 is 0. The molecular formula is C12H10NO3-. The minimum atomic E-state index is -1.21. The first-order chi connectivity index (χ1) is 7.74. The van der Waals surface area contributed by atoms with Crippen molar-refractivity contribution in [3.63, 3.8) is 0 Å². The maximum absolute atomic E-state index is 11.0. The molecule has 4 heteroatoms. The van der Waals surface area contributed by atoms with Crippen LogP contribution in [0.4, 0.5) is 0 Å². The van der Waals surface area contributed by atoms with Crippen LogP contribution in [0.5, 0.6) is 0 Å². The van der Waals surface area contributed by atoms with E-state index in [1.807, 2.05) is 13.0 Å². The highest BCUT2D eigenvalue weighted by Crippen LogP contribution is 2.27. The average Bonchev–Trinajstić information content (AvgIpc) is 2.81. The molecule has 2 rings (SSSR count). The largest absolute Gasteiger partial charge is 0.545 e. The standard InChI is InChI=1S/C12H11NO3/c1-2-8-4-3-5-9(12(14)15)11(8)10-6-13-7-16-10/h3-7H,2H2,1H3,(H,14,15)/p-1. The number of benzene rings is 1. The Morgan fingerprint density at radius 1 is 1.50 bits per heavy atom. The topological polar surface area (TPSA) is 66.2 Å². The first kappa shape index (κ1) is 10.4. The summed E-state index contributed by atoms with van der Waals surface area (Å²) in [4.78, 5) is 14.8. The van der Waals surface area contributed by atoms with Crippen molar-refractivity contribution in [1.82, 2.24) is 4.98 Å². The number of oxazole rings is 1. The second-order valence-electron chi connectivity index (χ2n) is 3.35. The monoisotopic (exact) mass is 216 g/mol. The molecule has 1 heterocycles. The fraction of sp³-hybridized carbons (Fsp3) is 0.167. The fourth-order valence-corrected chi connectivity index (χ4v) is 1.70. The Kier molecular flexibility index (Phi) is 2.72.